The molecule has 0 atom stereocenters. The van der Waals surface area contributed by atoms with E-state index in [-0.39, 0.29) is 24.8 Å². The molecule has 0 aliphatic rings. The molecule has 118 valence electrons. The topological polar surface area (TPSA) is 38.3 Å². The second kappa shape index (κ2) is 8.71. The van der Waals surface area contributed by atoms with Crippen LogP contribution in [0.5, 0.6) is 5.75 Å². The molecule has 0 unspecified atom stereocenters. The predicted molar refractivity (Wildman–Crippen MR) is 86.0 cm³/mol. The Morgan fingerprint density at radius 1 is 1.30 bits per heavy atom. The molecule has 23 heavy (non-hydrogen) atoms. The average Bonchev–Trinajstić information content (AvgIpc) is 3.04. The van der Waals surface area contributed by atoms with Crippen molar-refractivity contribution in [3.63, 3.8) is 0 Å². The first-order valence-corrected chi connectivity index (χ1v) is 7.56. The molecule has 0 saturated heterocycles. The summed E-state index contributed by atoms with van der Waals surface area (Å²) in [5.41, 5.74) is 0. The van der Waals surface area contributed by atoms with E-state index in [1.54, 1.807) is 6.08 Å². The maximum atomic E-state index is 13.3. The monoisotopic (exact) mass is 333 g/mol. The van der Waals surface area contributed by atoms with Gasteiger partial charge in [-0.3, -0.25) is 4.79 Å². The van der Waals surface area contributed by atoms with Gasteiger partial charge >= 0.3 is 0 Å². The minimum atomic E-state index is -0.779. The number of hydrogen-bond acceptors (Lipinski definition) is 3. The van der Waals surface area contributed by atoms with E-state index in [0.717, 1.165) is 17.0 Å². The van der Waals surface area contributed by atoms with Crippen LogP contribution >= 0.6 is 11.3 Å². The van der Waals surface area contributed by atoms with E-state index in [2.05, 4.69) is 17.2 Å². The molecule has 0 spiro atoms. The summed E-state index contributed by atoms with van der Waals surface area (Å²) in [5, 5.41) is 4.51. The van der Waals surface area contributed by atoms with Crippen LogP contribution in [-0.2, 0) is 4.79 Å². The highest BCUT2D eigenvalue weighted by Gasteiger charge is 2.03. The first kappa shape index (κ1) is 16.7. The Balaban J connectivity index is 1.68. The van der Waals surface area contributed by atoms with Crippen molar-refractivity contribution in [2.45, 2.75) is 0 Å². The van der Waals surface area contributed by atoms with Crippen molar-refractivity contribution in [3.05, 3.63) is 58.3 Å². The highest BCUT2D eigenvalue weighted by molar-refractivity contribution is 7.10. The van der Waals surface area contributed by atoms with Gasteiger partial charge in [-0.2, -0.15) is 0 Å². The lowest BCUT2D eigenvalue weighted by molar-refractivity contribution is -0.116. The van der Waals surface area contributed by atoms with E-state index < -0.39 is 11.6 Å². The van der Waals surface area contributed by atoms with Gasteiger partial charge in [-0.25, -0.2) is 8.78 Å². The number of amides is 1. The van der Waals surface area contributed by atoms with Crippen LogP contribution in [0.2, 0.25) is 0 Å². The van der Waals surface area contributed by atoms with Crippen LogP contribution in [-0.4, -0.2) is 19.1 Å². The minimum Gasteiger partial charge on any atom is -0.478 e. The number of carbonyl (C=O) groups is 1. The first-order chi connectivity index (χ1) is 11.1. The summed E-state index contributed by atoms with van der Waals surface area (Å²) in [5.74, 6) is 3.54. The Kier molecular flexibility index (Phi) is 6.33. The van der Waals surface area contributed by atoms with Crippen LogP contribution < -0.4 is 10.1 Å². The van der Waals surface area contributed by atoms with E-state index in [9.17, 15) is 13.6 Å². The van der Waals surface area contributed by atoms with Crippen LogP contribution in [0.4, 0.5) is 8.78 Å². The van der Waals surface area contributed by atoms with Crippen molar-refractivity contribution in [3.8, 4) is 17.6 Å². The van der Waals surface area contributed by atoms with Crippen LogP contribution in [0.15, 0.2) is 41.8 Å². The molecule has 0 fully saturated rings. The Labute approximate surface area is 136 Å². The van der Waals surface area contributed by atoms with Gasteiger partial charge < -0.3 is 10.1 Å². The third-order valence-electron chi connectivity index (χ3n) is 2.61. The fourth-order valence-electron chi connectivity index (χ4n) is 1.55. The number of rotatable bonds is 5. The first-order valence-electron chi connectivity index (χ1n) is 6.68. The van der Waals surface area contributed by atoms with Gasteiger partial charge in [0.05, 0.1) is 6.54 Å². The molecule has 0 radical (unpaired) electrons. The molecule has 0 bridgehead atoms. The zero-order valence-corrected chi connectivity index (χ0v) is 12.8. The second-order valence-electron chi connectivity index (χ2n) is 4.28. The van der Waals surface area contributed by atoms with Gasteiger partial charge in [-0.05, 0) is 29.7 Å². The second-order valence-corrected chi connectivity index (χ2v) is 5.26. The molecule has 1 aromatic heterocycles. The molecule has 0 aliphatic heterocycles. The van der Waals surface area contributed by atoms with Crippen LogP contribution in [0.3, 0.4) is 0 Å². The number of benzene rings is 1. The minimum absolute atomic E-state index is 0.0521. The summed E-state index contributed by atoms with van der Waals surface area (Å²) < 4.78 is 31.0. The lowest BCUT2D eigenvalue weighted by atomic mass is 10.3. The quantitative estimate of drug-likeness (QED) is 0.674. The number of ether oxygens (including phenoxy) is 1. The molecular formula is C17H13F2NO2S. The standard InChI is InChI=1S/C17H13F2NO2S/c18-13-5-7-16(15(19)12-13)22-10-2-1-9-20-17(21)8-6-14-4-3-11-23-14/h3-8,11-12H,9-10H2,(H,20,21)/b8-6+. The molecule has 0 aliphatic carbocycles. The zero-order chi connectivity index (χ0) is 16.5. The third kappa shape index (κ3) is 5.93. The molecule has 3 nitrogen and oxygen atoms in total. The maximum absolute atomic E-state index is 13.3. The van der Waals surface area contributed by atoms with Gasteiger partial charge in [0.1, 0.15) is 12.4 Å². The Morgan fingerprint density at radius 2 is 2.17 bits per heavy atom. The van der Waals surface area contributed by atoms with E-state index in [1.807, 2.05) is 17.5 Å². The highest BCUT2D eigenvalue weighted by Crippen LogP contribution is 2.17. The third-order valence-corrected chi connectivity index (χ3v) is 3.45. The largest absolute Gasteiger partial charge is 0.478 e. The van der Waals surface area contributed by atoms with Gasteiger partial charge in [-0.1, -0.05) is 17.9 Å². The fraction of sp³-hybridized carbons (Fsp3) is 0.118. The number of nitrogens with one attached hydrogen (secondary N) is 1. The van der Waals surface area contributed by atoms with Crippen molar-refractivity contribution >= 4 is 23.3 Å². The lowest BCUT2D eigenvalue weighted by Crippen LogP contribution is -2.21. The van der Waals surface area contributed by atoms with E-state index in [4.69, 9.17) is 4.74 Å². The molecule has 1 amide bonds. The van der Waals surface area contributed by atoms with Gasteiger partial charge in [0.25, 0.3) is 0 Å². The average molecular weight is 333 g/mol. The molecule has 2 rings (SSSR count). The summed E-state index contributed by atoms with van der Waals surface area (Å²) in [6, 6.07) is 6.84. The molecule has 6 heteroatoms. The molecule has 1 aromatic carbocycles. The molecular weight excluding hydrogens is 320 g/mol. The molecule has 0 saturated carbocycles. The molecule has 1 heterocycles. The summed E-state index contributed by atoms with van der Waals surface area (Å²) >= 11 is 1.53. The van der Waals surface area contributed by atoms with Crippen molar-refractivity contribution in [2.75, 3.05) is 13.2 Å². The van der Waals surface area contributed by atoms with Gasteiger partial charge in [-0.15, -0.1) is 11.3 Å². The maximum Gasteiger partial charge on any atom is 0.244 e. The van der Waals surface area contributed by atoms with Crippen LogP contribution in [0.1, 0.15) is 4.88 Å². The number of thiophene rings is 1. The molecule has 2 aromatic rings. The summed E-state index contributed by atoms with van der Waals surface area (Å²) in [7, 11) is 0. The smallest absolute Gasteiger partial charge is 0.244 e. The summed E-state index contributed by atoms with van der Waals surface area (Å²) in [6.45, 7) is 0.104. The van der Waals surface area contributed by atoms with Crippen LogP contribution in [0, 0.1) is 23.5 Å². The van der Waals surface area contributed by atoms with E-state index in [0.29, 0.717) is 0 Å². The normalized spacial score (nSPS) is 10.2. The number of halogens is 2. The number of carbonyl (C=O) groups excluding carboxylic acids is 1. The molecule has 1 N–H and O–H groups in total. The van der Waals surface area contributed by atoms with Crippen molar-refractivity contribution in [1.82, 2.24) is 5.32 Å². The SMILES string of the molecule is O=C(/C=C/c1cccs1)NCC#CCOc1ccc(F)cc1F. The van der Waals surface area contributed by atoms with Crippen molar-refractivity contribution in [2.24, 2.45) is 0 Å². The predicted octanol–water partition coefficient (Wildman–Crippen LogP) is 3.24. The summed E-state index contributed by atoms with van der Waals surface area (Å²) in [4.78, 5) is 12.5. The Hall–Kier alpha value is -2.65. The van der Waals surface area contributed by atoms with E-state index in [1.165, 1.54) is 23.5 Å². The van der Waals surface area contributed by atoms with Crippen LogP contribution in [0.25, 0.3) is 6.08 Å². The van der Waals surface area contributed by atoms with Gasteiger partial charge in [0.2, 0.25) is 5.91 Å². The summed E-state index contributed by atoms with van der Waals surface area (Å²) in [6.07, 6.45) is 3.14. The van der Waals surface area contributed by atoms with E-state index >= 15 is 0 Å². The van der Waals surface area contributed by atoms with Crippen molar-refractivity contribution < 1.29 is 18.3 Å². The number of hydrogen-bond donors (Lipinski definition) is 1. The van der Waals surface area contributed by atoms with Gasteiger partial charge in [0.15, 0.2) is 11.6 Å². The van der Waals surface area contributed by atoms with Crippen molar-refractivity contribution in [1.29, 1.82) is 0 Å². The highest BCUT2D eigenvalue weighted by atomic mass is 32.1. The lowest BCUT2D eigenvalue weighted by Gasteiger charge is -2.02. The Bertz CT molecular complexity index is 746. The Morgan fingerprint density at radius 3 is 2.91 bits per heavy atom. The fourth-order valence-corrected chi connectivity index (χ4v) is 2.17. The zero-order valence-electron chi connectivity index (χ0n) is 12.0. The van der Waals surface area contributed by atoms with Gasteiger partial charge in [0, 0.05) is 17.0 Å².